The van der Waals surface area contributed by atoms with Crippen LogP contribution in [0.4, 0.5) is 0 Å². The van der Waals surface area contributed by atoms with Crippen molar-refractivity contribution in [3.05, 3.63) is 46.0 Å². The Bertz CT molecular complexity index is 471. The molecule has 1 saturated heterocycles. The Balaban J connectivity index is 0.000000284. The normalized spacial score (nSPS) is 17.2. The van der Waals surface area contributed by atoms with Crippen LogP contribution in [0.5, 0.6) is 0 Å². The number of ether oxygens (including phenoxy) is 1. The Labute approximate surface area is 137 Å². The third-order valence-corrected chi connectivity index (χ3v) is 3.55. The number of carbonyl (C=O) groups excluding carboxylic acids is 1. The fourth-order valence-corrected chi connectivity index (χ4v) is 2.41. The molecule has 1 unspecified atom stereocenters. The third-order valence-electron chi connectivity index (χ3n) is 3.55. The van der Waals surface area contributed by atoms with Crippen LogP contribution in [0.25, 0.3) is 0 Å². The Kier molecular flexibility index (Phi) is 8.90. The van der Waals surface area contributed by atoms with Gasteiger partial charge in [-0.25, -0.2) is 0 Å². The number of carbonyl (C=O) groups is 1. The molecule has 0 saturated carbocycles. The molecule has 0 aromatic heterocycles. The molecule has 128 valence electrons. The average Bonchev–Trinajstić information content (AvgIpc) is 2.98. The van der Waals surface area contributed by atoms with Gasteiger partial charge < -0.3 is 4.74 Å². The summed E-state index contributed by atoms with van der Waals surface area (Å²) in [6, 6.07) is 9.72. The molecule has 0 bridgehead atoms. The highest BCUT2D eigenvalue weighted by atomic mass is 16.6. The predicted molar refractivity (Wildman–Crippen MR) is 88.7 cm³/mol. The molecule has 0 radical (unpaired) electrons. The first-order valence-corrected chi connectivity index (χ1v) is 8.12. The molecule has 6 nitrogen and oxygen atoms in total. The van der Waals surface area contributed by atoms with Gasteiger partial charge in [0.15, 0.2) is 0 Å². The van der Waals surface area contributed by atoms with Crippen molar-refractivity contribution < 1.29 is 14.5 Å². The average molecular weight is 322 g/mol. The van der Waals surface area contributed by atoms with Gasteiger partial charge in [-0.3, -0.25) is 19.8 Å². The van der Waals surface area contributed by atoms with Crippen LogP contribution in [0.3, 0.4) is 0 Å². The van der Waals surface area contributed by atoms with E-state index in [1.807, 2.05) is 32.0 Å². The second-order valence-electron chi connectivity index (χ2n) is 5.50. The minimum atomic E-state index is -0.367. The number of nitrogens with zero attached hydrogens (tertiary/aromatic N) is 2. The van der Waals surface area contributed by atoms with Crippen LogP contribution in [0.2, 0.25) is 0 Å². The van der Waals surface area contributed by atoms with Crippen molar-refractivity contribution in [1.82, 2.24) is 4.90 Å². The molecule has 23 heavy (non-hydrogen) atoms. The fraction of sp³-hybridized carbons (Fsp3) is 0.588. The zero-order chi connectivity index (χ0) is 17.1. The van der Waals surface area contributed by atoms with Crippen molar-refractivity contribution in [3.8, 4) is 0 Å². The predicted octanol–water partition coefficient (Wildman–Crippen LogP) is 2.89. The molecular weight excluding hydrogens is 296 g/mol. The van der Waals surface area contributed by atoms with Crippen LogP contribution in [0.1, 0.15) is 38.7 Å². The molecule has 0 spiro atoms. The van der Waals surface area contributed by atoms with E-state index in [1.165, 1.54) is 5.56 Å². The third kappa shape index (κ3) is 7.74. The highest BCUT2D eigenvalue weighted by molar-refractivity contribution is 5.69. The summed E-state index contributed by atoms with van der Waals surface area (Å²) in [4.78, 5) is 23.0. The Morgan fingerprint density at radius 1 is 1.35 bits per heavy atom. The minimum absolute atomic E-state index is 0.0880. The van der Waals surface area contributed by atoms with Crippen LogP contribution in [-0.2, 0) is 16.1 Å². The van der Waals surface area contributed by atoms with Gasteiger partial charge in [0.2, 0.25) is 6.04 Å². The summed E-state index contributed by atoms with van der Waals surface area (Å²) < 4.78 is 4.64. The van der Waals surface area contributed by atoms with E-state index in [-0.39, 0.29) is 16.9 Å². The number of likely N-dealkylation sites (tertiary alicyclic amines) is 1. The summed E-state index contributed by atoms with van der Waals surface area (Å²) >= 11 is 0. The summed E-state index contributed by atoms with van der Waals surface area (Å²) in [6.45, 7) is 6.51. The van der Waals surface area contributed by atoms with Crippen LogP contribution in [0.15, 0.2) is 30.3 Å². The molecule has 0 aliphatic carbocycles. The van der Waals surface area contributed by atoms with E-state index < -0.39 is 0 Å². The number of rotatable bonds is 6. The largest absolute Gasteiger partial charge is 0.466 e. The van der Waals surface area contributed by atoms with Gasteiger partial charge >= 0.3 is 5.97 Å². The summed E-state index contributed by atoms with van der Waals surface area (Å²) in [6.07, 6.45) is 2.10. The molecule has 1 aliphatic heterocycles. The van der Waals surface area contributed by atoms with Gasteiger partial charge in [-0.1, -0.05) is 37.3 Å². The maximum absolute atomic E-state index is 10.6. The number of hydrogen-bond donors (Lipinski definition) is 0. The topological polar surface area (TPSA) is 72.7 Å². The molecule has 0 amide bonds. The van der Waals surface area contributed by atoms with Crippen molar-refractivity contribution in [2.24, 2.45) is 0 Å². The molecule has 6 heteroatoms. The van der Waals surface area contributed by atoms with E-state index in [4.69, 9.17) is 0 Å². The number of esters is 1. The molecule has 1 aliphatic rings. The Morgan fingerprint density at radius 2 is 2.04 bits per heavy atom. The maximum atomic E-state index is 10.6. The number of nitro groups is 1. The van der Waals surface area contributed by atoms with Gasteiger partial charge in [-0.15, -0.1) is 0 Å². The second-order valence-corrected chi connectivity index (χ2v) is 5.50. The number of benzene rings is 1. The lowest BCUT2D eigenvalue weighted by Gasteiger charge is -2.13. The fourth-order valence-electron chi connectivity index (χ4n) is 2.41. The Morgan fingerprint density at radius 3 is 2.57 bits per heavy atom. The molecule has 1 heterocycles. The van der Waals surface area contributed by atoms with Crippen molar-refractivity contribution in [2.75, 3.05) is 19.7 Å². The van der Waals surface area contributed by atoms with Crippen LogP contribution in [0, 0.1) is 10.1 Å². The summed E-state index contributed by atoms with van der Waals surface area (Å²) in [5.74, 6) is -0.0880. The zero-order valence-electron chi connectivity index (χ0n) is 13.9. The van der Waals surface area contributed by atoms with Gasteiger partial charge in [0, 0.05) is 30.9 Å². The molecular formula is C17H26N2O4. The summed E-state index contributed by atoms with van der Waals surface area (Å²) in [5, 5.41) is 10.6. The van der Waals surface area contributed by atoms with Gasteiger partial charge in [-0.05, 0) is 18.9 Å². The molecule has 0 N–H and O–H groups in total. The molecule has 1 aromatic rings. The lowest BCUT2D eigenvalue weighted by atomic mass is 10.2. The van der Waals surface area contributed by atoms with Gasteiger partial charge in [0.05, 0.1) is 13.2 Å². The lowest BCUT2D eigenvalue weighted by Crippen LogP contribution is -2.25. The van der Waals surface area contributed by atoms with E-state index in [2.05, 4.69) is 21.8 Å². The van der Waals surface area contributed by atoms with Crippen molar-refractivity contribution >= 4 is 5.97 Å². The van der Waals surface area contributed by atoms with Gasteiger partial charge in [0.1, 0.15) is 0 Å². The first-order chi connectivity index (χ1) is 11.1. The monoisotopic (exact) mass is 322 g/mol. The smallest absolute Gasteiger partial charge is 0.305 e. The molecule has 1 atom stereocenters. The van der Waals surface area contributed by atoms with E-state index in [0.717, 1.165) is 19.5 Å². The van der Waals surface area contributed by atoms with Gasteiger partial charge in [0.25, 0.3) is 0 Å². The molecule has 2 rings (SSSR count). The summed E-state index contributed by atoms with van der Waals surface area (Å²) in [7, 11) is 0. The van der Waals surface area contributed by atoms with Crippen molar-refractivity contribution in [3.63, 3.8) is 0 Å². The molecule has 1 fully saturated rings. The van der Waals surface area contributed by atoms with E-state index in [0.29, 0.717) is 26.0 Å². The van der Waals surface area contributed by atoms with Crippen molar-refractivity contribution in [2.45, 2.75) is 45.7 Å². The first kappa shape index (κ1) is 19.1. The van der Waals surface area contributed by atoms with E-state index in [9.17, 15) is 14.9 Å². The summed E-state index contributed by atoms with van der Waals surface area (Å²) in [5.41, 5.74) is 1.22. The van der Waals surface area contributed by atoms with Gasteiger partial charge in [-0.2, -0.15) is 0 Å². The lowest BCUT2D eigenvalue weighted by molar-refractivity contribution is -0.518. The first-order valence-electron chi connectivity index (χ1n) is 8.12. The standard InChI is InChI=1S/C11H14N2O2.C6H12O2/c14-13(15)11-6-7-12(9-11)8-10-4-2-1-3-5-10;1-3-5-6(7)8-4-2/h1-5,11H,6-9H2;3-5H2,1-2H3. The highest BCUT2D eigenvalue weighted by Crippen LogP contribution is 2.14. The second kappa shape index (κ2) is 10.7. The minimum Gasteiger partial charge on any atom is -0.466 e. The maximum Gasteiger partial charge on any atom is 0.305 e. The van der Waals surface area contributed by atoms with Crippen LogP contribution >= 0.6 is 0 Å². The van der Waals surface area contributed by atoms with Crippen molar-refractivity contribution in [1.29, 1.82) is 0 Å². The van der Waals surface area contributed by atoms with E-state index in [1.54, 1.807) is 0 Å². The van der Waals surface area contributed by atoms with Crippen LogP contribution in [-0.4, -0.2) is 41.5 Å². The van der Waals surface area contributed by atoms with E-state index >= 15 is 0 Å². The van der Waals surface area contributed by atoms with Crippen LogP contribution < -0.4 is 0 Å². The SMILES string of the molecule is CCCC(=O)OCC.O=[N+]([O-])C1CCN(Cc2ccccc2)C1. The highest BCUT2D eigenvalue weighted by Gasteiger charge is 2.30. The number of hydrogen-bond acceptors (Lipinski definition) is 5. The zero-order valence-corrected chi connectivity index (χ0v) is 13.9. The Hall–Kier alpha value is -1.95. The molecule has 1 aromatic carbocycles. The quantitative estimate of drug-likeness (QED) is 0.457.